The molecule has 1 nitrogen and oxygen atoms in total. The predicted octanol–water partition coefficient (Wildman–Crippen LogP) is 3.75. The summed E-state index contributed by atoms with van der Waals surface area (Å²) in [6, 6.07) is 0. The molecule has 0 unspecified atom stereocenters. The summed E-state index contributed by atoms with van der Waals surface area (Å²) >= 11 is 0. The molecule has 0 aliphatic heterocycles. The maximum absolute atomic E-state index is 9.51. The van der Waals surface area contributed by atoms with Crippen molar-refractivity contribution in [3.8, 4) is 0 Å². The number of rotatable bonds is 2. The highest BCUT2D eigenvalue weighted by Crippen LogP contribution is 2.40. The second-order valence-electron chi connectivity index (χ2n) is 5.76. The highest BCUT2D eigenvalue weighted by atomic mass is 16.3. The van der Waals surface area contributed by atoms with E-state index < -0.39 is 0 Å². The molecule has 88 valence electrons. The Balaban J connectivity index is 1.75. The third-order valence-corrected chi connectivity index (χ3v) is 4.88. The van der Waals surface area contributed by atoms with E-state index in [1.54, 1.807) is 0 Å². The van der Waals surface area contributed by atoms with Gasteiger partial charge >= 0.3 is 0 Å². The van der Waals surface area contributed by atoms with E-state index in [4.69, 9.17) is 0 Å². The zero-order chi connectivity index (χ0) is 10.7. The molecule has 0 aromatic heterocycles. The zero-order valence-corrected chi connectivity index (χ0v) is 10.1. The average Bonchev–Trinajstić information content (AvgIpc) is 2.30. The molecule has 1 heteroatoms. The van der Waals surface area contributed by atoms with Crippen LogP contribution in [0.15, 0.2) is 0 Å². The summed E-state index contributed by atoms with van der Waals surface area (Å²) in [7, 11) is 0. The highest BCUT2D eigenvalue weighted by Gasteiger charge is 2.29. The van der Waals surface area contributed by atoms with Crippen LogP contribution in [0, 0.1) is 17.8 Å². The van der Waals surface area contributed by atoms with Gasteiger partial charge in [-0.2, -0.15) is 0 Å². The van der Waals surface area contributed by atoms with E-state index in [0.717, 1.165) is 30.6 Å². The Bertz CT molecular complexity index is 174. The SMILES string of the molecule is CCC1CCC(C2CCC(O)CC2)CC1. The van der Waals surface area contributed by atoms with E-state index in [2.05, 4.69) is 6.92 Å². The maximum Gasteiger partial charge on any atom is 0.0540 e. The minimum absolute atomic E-state index is 0.0215. The quantitative estimate of drug-likeness (QED) is 0.736. The Kier molecular flexibility index (Phi) is 4.07. The van der Waals surface area contributed by atoms with E-state index in [1.807, 2.05) is 0 Å². The van der Waals surface area contributed by atoms with E-state index in [-0.39, 0.29) is 6.10 Å². The highest BCUT2D eigenvalue weighted by molar-refractivity contribution is 4.81. The molecule has 2 aliphatic rings. The van der Waals surface area contributed by atoms with Crippen molar-refractivity contribution >= 4 is 0 Å². The Morgan fingerprint density at radius 3 is 1.73 bits per heavy atom. The first-order chi connectivity index (χ1) is 7.29. The van der Waals surface area contributed by atoms with Gasteiger partial charge in [-0.3, -0.25) is 0 Å². The predicted molar refractivity (Wildman–Crippen MR) is 63.7 cm³/mol. The first-order valence-corrected chi connectivity index (χ1v) is 6.97. The molecule has 0 spiro atoms. The molecule has 1 N–H and O–H groups in total. The lowest BCUT2D eigenvalue weighted by atomic mass is 9.70. The molecule has 0 aromatic rings. The minimum Gasteiger partial charge on any atom is -0.393 e. The molecule has 0 saturated heterocycles. The van der Waals surface area contributed by atoms with Gasteiger partial charge in [0.05, 0.1) is 6.10 Å². The summed E-state index contributed by atoms with van der Waals surface area (Å²) in [5.74, 6) is 2.97. The average molecular weight is 210 g/mol. The van der Waals surface area contributed by atoms with E-state index in [9.17, 15) is 5.11 Å². The number of hydrogen-bond donors (Lipinski definition) is 1. The summed E-state index contributed by atoms with van der Waals surface area (Å²) in [5.41, 5.74) is 0. The zero-order valence-electron chi connectivity index (χ0n) is 10.1. The Morgan fingerprint density at radius 2 is 1.27 bits per heavy atom. The summed E-state index contributed by atoms with van der Waals surface area (Å²) in [4.78, 5) is 0. The lowest BCUT2D eigenvalue weighted by Crippen LogP contribution is -2.27. The van der Waals surface area contributed by atoms with Gasteiger partial charge in [-0.05, 0) is 56.3 Å². The molecule has 0 heterocycles. The molecule has 2 fully saturated rings. The third kappa shape index (κ3) is 2.96. The van der Waals surface area contributed by atoms with Crippen LogP contribution in [-0.2, 0) is 0 Å². The van der Waals surface area contributed by atoms with Crippen LogP contribution in [0.25, 0.3) is 0 Å². The van der Waals surface area contributed by atoms with Crippen molar-refractivity contribution in [2.45, 2.75) is 70.8 Å². The fourth-order valence-corrected chi connectivity index (χ4v) is 3.64. The second-order valence-corrected chi connectivity index (χ2v) is 5.76. The van der Waals surface area contributed by atoms with Gasteiger partial charge in [0, 0.05) is 0 Å². The number of aliphatic hydroxyl groups is 1. The van der Waals surface area contributed by atoms with E-state index in [1.165, 1.54) is 44.9 Å². The molecule has 0 bridgehead atoms. The van der Waals surface area contributed by atoms with E-state index in [0.29, 0.717) is 0 Å². The van der Waals surface area contributed by atoms with Gasteiger partial charge in [0.25, 0.3) is 0 Å². The summed E-state index contributed by atoms with van der Waals surface area (Å²) in [6.45, 7) is 2.34. The van der Waals surface area contributed by atoms with Gasteiger partial charge in [-0.15, -0.1) is 0 Å². The first kappa shape index (κ1) is 11.4. The Hall–Kier alpha value is -0.0400. The fourth-order valence-electron chi connectivity index (χ4n) is 3.64. The Labute approximate surface area is 94.3 Å². The standard InChI is InChI=1S/C14H26O/c1-2-11-3-5-12(6-4-11)13-7-9-14(15)10-8-13/h11-15H,2-10H2,1H3. The van der Waals surface area contributed by atoms with Crippen LogP contribution in [0.3, 0.4) is 0 Å². The largest absolute Gasteiger partial charge is 0.393 e. The van der Waals surface area contributed by atoms with Gasteiger partial charge in [0.2, 0.25) is 0 Å². The van der Waals surface area contributed by atoms with Gasteiger partial charge in [-0.1, -0.05) is 26.2 Å². The van der Waals surface area contributed by atoms with Crippen LogP contribution in [0.2, 0.25) is 0 Å². The van der Waals surface area contributed by atoms with Crippen LogP contribution in [0.4, 0.5) is 0 Å². The van der Waals surface area contributed by atoms with Crippen LogP contribution in [-0.4, -0.2) is 11.2 Å². The fraction of sp³-hybridized carbons (Fsp3) is 1.00. The van der Waals surface area contributed by atoms with Gasteiger partial charge in [0.15, 0.2) is 0 Å². The van der Waals surface area contributed by atoms with Gasteiger partial charge in [-0.25, -0.2) is 0 Å². The summed E-state index contributed by atoms with van der Waals surface area (Å²) < 4.78 is 0. The molecular weight excluding hydrogens is 184 g/mol. The molecular formula is C14H26O. The lowest BCUT2D eigenvalue weighted by molar-refractivity contribution is 0.0768. The molecule has 0 atom stereocenters. The first-order valence-electron chi connectivity index (χ1n) is 6.97. The second kappa shape index (κ2) is 5.34. The molecule has 0 aromatic carbocycles. The van der Waals surface area contributed by atoms with E-state index >= 15 is 0 Å². The van der Waals surface area contributed by atoms with Crippen LogP contribution < -0.4 is 0 Å². The molecule has 15 heavy (non-hydrogen) atoms. The molecule has 2 rings (SSSR count). The number of hydrogen-bond acceptors (Lipinski definition) is 1. The summed E-state index contributed by atoms with van der Waals surface area (Å²) in [6.07, 6.45) is 12.0. The van der Waals surface area contributed by atoms with Crippen LogP contribution in [0.1, 0.15) is 64.7 Å². The minimum atomic E-state index is 0.0215. The molecule has 2 aliphatic carbocycles. The third-order valence-electron chi connectivity index (χ3n) is 4.88. The van der Waals surface area contributed by atoms with Crippen molar-refractivity contribution in [1.82, 2.24) is 0 Å². The number of aliphatic hydroxyl groups excluding tert-OH is 1. The monoisotopic (exact) mass is 210 g/mol. The topological polar surface area (TPSA) is 20.2 Å². The van der Waals surface area contributed by atoms with Crippen molar-refractivity contribution in [3.63, 3.8) is 0 Å². The lowest BCUT2D eigenvalue weighted by Gasteiger charge is -2.36. The van der Waals surface area contributed by atoms with Gasteiger partial charge < -0.3 is 5.11 Å². The van der Waals surface area contributed by atoms with Gasteiger partial charge in [0.1, 0.15) is 0 Å². The summed E-state index contributed by atoms with van der Waals surface area (Å²) in [5, 5.41) is 9.51. The van der Waals surface area contributed by atoms with Crippen LogP contribution >= 0.6 is 0 Å². The van der Waals surface area contributed by atoms with Crippen molar-refractivity contribution < 1.29 is 5.11 Å². The molecule has 0 radical (unpaired) electrons. The van der Waals surface area contributed by atoms with Crippen LogP contribution in [0.5, 0.6) is 0 Å². The smallest absolute Gasteiger partial charge is 0.0540 e. The van der Waals surface area contributed by atoms with Crippen molar-refractivity contribution in [2.24, 2.45) is 17.8 Å². The van der Waals surface area contributed by atoms with Crippen molar-refractivity contribution in [2.75, 3.05) is 0 Å². The molecule has 2 saturated carbocycles. The van der Waals surface area contributed by atoms with Crippen molar-refractivity contribution in [1.29, 1.82) is 0 Å². The maximum atomic E-state index is 9.51. The normalized spacial score (nSPS) is 42.8. The molecule has 0 amide bonds. The Morgan fingerprint density at radius 1 is 0.800 bits per heavy atom. The van der Waals surface area contributed by atoms with Crippen molar-refractivity contribution in [3.05, 3.63) is 0 Å².